The van der Waals surface area contributed by atoms with Gasteiger partial charge in [-0.05, 0) is 54.7 Å². The summed E-state index contributed by atoms with van der Waals surface area (Å²) in [6, 6.07) is 13.1. The topological polar surface area (TPSA) is 92.7 Å². The molecule has 0 aliphatic heterocycles. The van der Waals surface area contributed by atoms with Crippen LogP contribution in [0.25, 0.3) is 0 Å². The maximum Gasteiger partial charge on any atom is 0.294 e. The molecule has 0 radical (unpaired) electrons. The summed E-state index contributed by atoms with van der Waals surface area (Å²) in [4.78, 5) is 11.7. The maximum absolute atomic E-state index is 12.0. The van der Waals surface area contributed by atoms with E-state index in [4.69, 9.17) is 9.29 Å². The lowest BCUT2D eigenvalue weighted by Crippen LogP contribution is -2.20. The van der Waals surface area contributed by atoms with E-state index >= 15 is 0 Å². The number of hydrogen-bond acceptors (Lipinski definition) is 4. The predicted octanol–water partition coefficient (Wildman–Crippen LogP) is 4.24. The third-order valence-electron chi connectivity index (χ3n) is 4.27. The van der Waals surface area contributed by atoms with Gasteiger partial charge in [0.25, 0.3) is 16.0 Å². The average Bonchev–Trinajstić information content (AvgIpc) is 2.64. The maximum atomic E-state index is 12.0. The van der Waals surface area contributed by atoms with Crippen molar-refractivity contribution in [3.05, 3.63) is 54.1 Å². The molecule has 0 aliphatic rings. The number of anilines is 1. The van der Waals surface area contributed by atoms with Crippen molar-refractivity contribution >= 4 is 21.7 Å². The molecule has 0 bridgehead atoms. The Morgan fingerprint density at radius 3 is 2.44 bits per heavy atom. The van der Waals surface area contributed by atoms with Gasteiger partial charge in [0.2, 0.25) is 0 Å². The molecule has 2 N–H and O–H groups in total. The monoisotopic (exact) mass is 391 g/mol. The van der Waals surface area contributed by atoms with Gasteiger partial charge >= 0.3 is 0 Å². The van der Waals surface area contributed by atoms with Crippen LogP contribution in [0.1, 0.15) is 44.6 Å². The summed E-state index contributed by atoms with van der Waals surface area (Å²) >= 11 is 0. The summed E-state index contributed by atoms with van der Waals surface area (Å²) in [5.41, 5.74) is 1.53. The zero-order valence-electron chi connectivity index (χ0n) is 15.5. The normalized spacial score (nSPS) is 12.4. The van der Waals surface area contributed by atoms with Gasteiger partial charge in [0.05, 0.1) is 4.90 Å². The Bertz CT molecular complexity index is 862. The molecule has 0 saturated carbocycles. The molecule has 2 rings (SSSR count). The highest BCUT2D eigenvalue weighted by molar-refractivity contribution is 7.85. The molecule has 7 heteroatoms. The molecule has 0 fully saturated rings. The number of nitrogens with one attached hydrogen (secondary N) is 1. The Morgan fingerprint density at radius 2 is 1.85 bits per heavy atom. The van der Waals surface area contributed by atoms with Crippen molar-refractivity contribution in [3.63, 3.8) is 0 Å². The molecule has 1 unspecified atom stereocenters. The van der Waals surface area contributed by atoms with Crippen LogP contribution in [-0.2, 0) is 14.9 Å². The second-order valence-electron chi connectivity index (χ2n) is 6.30. The first-order valence-corrected chi connectivity index (χ1v) is 10.4. The van der Waals surface area contributed by atoms with Crippen molar-refractivity contribution in [2.45, 2.75) is 43.9 Å². The standard InChI is InChI=1S/C20H25NO5S/c1-3-6-15(4-2)16-9-11-18(12-10-16)26-14-20(22)21-17-7-5-8-19(13-17)27(23,24)25/h5,7-13,15H,3-4,6,14H2,1-2H3,(H,21,22)(H,23,24,25). The van der Waals surface area contributed by atoms with Gasteiger partial charge in [-0.3, -0.25) is 9.35 Å². The minimum absolute atomic E-state index is 0.207. The highest BCUT2D eigenvalue weighted by Gasteiger charge is 2.12. The first-order valence-electron chi connectivity index (χ1n) is 8.93. The van der Waals surface area contributed by atoms with Crippen LogP contribution in [0.2, 0.25) is 0 Å². The van der Waals surface area contributed by atoms with E-state index in [0.29, 0.717) is 11.7 Å². The van der Waals surface area contributed by atoms with Crippen molar-refractivity contribution in [2.24, 2.45) is 0 Å². The van der Waals surface area contributed by atoms with E-state index in [9.17, 15) is 13.2 Å². The summed E-state index contributed by atoms with van der Waals surface area (Å²) in [5, 5.41) is 2.54. The Balaban J connectivity index is 1.92. The number of amides is 1. The van der Waals surface area contributed by atoms with Crippen molar-refractivity contribution in [1.82, 2.24) is 0 Å². The summed E-state index contributed by atoms with van der Waals surface area (Å²) in [5.74, 6) is 0.693. The second kappa shape index (κ2) is 9.53. The highest BCUT2D eigenvalue weighted by Crippen LogP contribution is 2.26. The van der Waals surface area contributed by atoms with Gasteiger partial charge < -0.3 is 10.1 Å². The van der Waals surface area contributed by atoms with Crippen LogP contribution in [0.15, 0.2) is 53.4 Å². The van der Waals surface area contributed by atoms with E-state index in [1.165, 1.54) is 29.8 Å². The van der Waals surface area contributed by atoms with E-state index in [1.807, 2.05) is 24.3 Å². The third kappa shape index (κ3) is 6.37. The summed E-state index contributed by atoms with van der Waals surface area (Å²) in [6.07, 6.45) is 3.36. The fourth-order valence-electron chi connectivity index (χ4n) is 2.87. The number of hydrogen-bond donors (Lipinski definition) is 2. The second-order valence-corrected chi connectivity index (χ2v) is 7.72. The molecule has 146 valence electrons. The smallest absolute Gasteiger partial charge is 0.294 e. The molecule has 2 aromatic carbocycles. The van der Waals surface area contributed by atoms with Crippen LogP contribution in [0.5, 0.6) is 5.75 Å². The van der Waals surface area contributed by atoms with E-state index in [2.05, 4.69) is 19.2 Å². The quantitative estimate of drug-likeness (QED) is 0.624. The number of benzene rings is 2. The van der Waals surface area contributed by atoms with Gasteiger partial charge in [-0.25, -0.2) is 0 Å². The largest absolute Gasteiger partial charge is 0.484 e. The van der Waals surface area contributed by atoms with E-state index in [-0.39, 0.29) is 17.2 Å². The van der Waals surface area contributed by atoms with E-state index < -0.39 is 16.0 Å². The van der Waals surface area contributed by atoms with Crippen LogP contribution in [-0.4, -0.2) is 25.5 Å². The number of ether oxygens (including phenoxy) is 1. The van der Waals surface area contributed by atoms with Gasteiger partial charge in [-0.15, -0.1) is 0 Å². The third-order valence-corrected chi connectivity index (χ3v) is 5.12. The Kier molecular flexibility index (Phi) is 7.38. The minimum atomic E-state index is -4.32. The molecule has 1 atom stereocenters. The minimum Gasteiger partial charge on any atom is -0.484 e. The fourth-order valence-corrected chi connectivity index (χ4v) is 3.40. The highest BCUT2D eigenvalue weighted by atomic mass is 32.2. The van der Waals surface area contributed by atoms with Crippen LogP contribution >= 0.6 is 0 Å². The Morgan fingerprint density at radius 1 is 1.15 bits per heavy atom. The lowest BCUT2D eigenvalue weighted by atomic mass is 9.92. The molecule has 0 aliphatic carbocycles. The first kappa shape index (κ1) is 20.9. The van der Waals surface area contributed by atoms with Crippen molar-refractivity contribution in [2.75, 3.05) is 11.9 Å². The lowest BCUT2D eigenvalue weighted by Gasteiger charge is -2.15. The number of rotatable bonds is 9. The number of carbonyl (C=O) groups is 1. The molecule has 0 spiro atoms. The summed E-state index contributed by atoms with van der Waals surface area (Å²) in [7, 11) is -4.32. The van der Waals surface area contributed by atoms with Crippen LogP contribution in [0.3, 0.4) is 0 Å². The van der Waals surface area contributed by atoms with Crippen molar-refractivity contribution < 1.29 is 22.5 Å². The van der Waals surface area contributed by atoms with Gasteiger partial charge in [0.15, 0.2) is 6.61 Å². The molecule has 0 aromatic heterocycles. The lowest BCUT2D eigenvalue weighted by molar-refractivity contribution is -0.118. The zero-order valence-corrected chi connectivity index (χ0v) is 16.3. The van der Waals surface area contributed by atoms with E-state index in [0.717, 1.165) is 19.3 Å². The molecule has 0 heterocycles. The van der Waals surface area contributed by atoms with Crippen LogP contribution < -0.4 is 10.1 Å². The molecule has 6 nitrogen and oxygen atoms in total. The van der Waals surface area contributed by atoms with Gasteiger partial charge in [-0.2, -0.15) is 8.42 Å². The average molecular weight is 391 g/mol. The Hall–Kier alpha value is -2.38. The van der Waals surface area contributed by atoms with Gasteiger partial charge in [0, 0.05) is 5.69 Å². The van der Waals surface area contributed by atoms with Gasteiger partial charge in [0.1, 0.15) is 5.75 Å². The van der Waals surface area contributed by atoms with E-state index in [1.54, 1.807) is 0 Å². The number of carbonyl (C=O) groups excluding carboxylic acids is 1. The molecule has 2 aromatic rings. The fraction of sp³-hybridized carbons (Fsp3) is 0.350. The Labute approximate surface area is 160 Å². The van der Waals surface area contributed by atoms with Crippen LogP contribution in [0, 0.1) is 0 Å². The molecule has 27 heavy (non-hydrogen) atoms. The van der Waals surface area contributed by atoms with Crippen molar-refractivity contribution in [1.29, 1.82) is 0 Å². The zero-order chi connectivity index (χ0) is 19.9. The SMILES string of the molecule is CCCC(CC)c1ccc(OCC(=O)Nc2cccc(S(=O)(=O)O)c2)cc1. The molecular formula is C20H25NO5S. The van der Waals surface area contributed by atoms with Crippen LogP contribution in [0.4, 0.5) is 5.69 Å². The first-order chi connectivity index (χ1) is 12.8. The molecule has 0 saturated heterocycles. The van der Waals surface area contributed by atoms with Gasteiger partial charge in [-0.1, -0.05) is 38.5 Å². The summed E-state index contributed by atoms with van der Waals surface area (Å²) < 4.78 is 36.8. The summed E-state index contributed by atoms with van der Waals surface area (Å²) in [6.45, 7) is 4.14. The predicted molar refractivity (Wildman–Crippen MR) is 105 cm³/mol. The molecular weight excluding hydrogens is 366 g/mol. The molecule has 1 amide bonds. The van der Waals surface area contributed by atoms with Crippen molar-refractivity contribution in [3.8, 4) is 5.75 Å².